The molecule has 12 atom stereocenters. The minimum absolute atomic E-state index is 0.00492. The lowest BCUT2D eigenvalue weighted by Gasteiger charge is -2.49. The lowest BCUT2D eigenvalue weighted by Crippen LogP contribution is -2.59. The van der Waals surface area contributed by atoms with Crippen molar-refractivity contribution in [2.24, 2.45) is 35.5 Å². The van der Waals surface area contributed by atoms with Crippen molar-refractivity contribution in [2.75, 3.05) is 14.2 Å². The van der Waals surface area contributed by atoms with Crippen LogP contribution in [-0.2, 0) is 23.7 Å². The van der Waals surface area contributed by atoms with Gasteiger partial charge >= 0.3 is 5.97 Å². The first kappa shape index (κ1) is 38.2. The third-order valence-electron chi connectivity index (χ3n) is 9.50. The van der Waals surface area contributed by atoms with Crippen LogP contribution in [-0.4, -0.2) is 83.0 Å². The smallest absolute Gasteiger partial charge is 0.373 e. The second-order valence-electron chi connectivity index (χ2n) is 13.6. The van der Waals surface area contributed by atoms with E-state index in [0.29, 0.717) is 6.42 Å². The van der Waals surface area contributed by atoms with Gasteiger partial charge in [-0.25, -0.2) is 4.79 Å². The lowest BCUT2D eigenvalue weighted by molar-refractivity contribution is -0.328. The van der Waals surface area contributed by atoms with E-state index in [2.05, 4.69) is 0 Å². The van der Waals surface area contributed by atoms with E-state index in [1.54, 1.807) is 26.0 Å². The highest BCUT2D eigenvalue weighted by atomic mass is 16.6. The van der Waals surface area contributed by atoms with E-state index in [4.69, 9.17) is 18.9 Å². The molecule has 44 heavy (non-hydrogen) atoms. The molecule has 1 saturated heterocycles. The predicted octanol–water partition coefficient (Wildman–Crippen LogP) is 4.69. The maximum Gasteiger partial charge on any atom is 0.373 e. The quantitative estimate of drug-likeness (QED) is 0.298. The Balaban J connectivity index is 2.52. The van der Waals surface area contributed by atoms with Gasteiger partial charge in [-0.05, 0) is 38.2 Å². The van der Waals surface area contributed by atoms with Gasteiger partial charge in [-0.2, -0.15) is 0 Å². The van der Waals surface area contributed by atoms with Crippen molar-refractivity contribution in [3.05, 3.63) is 47.3 Å². The van der Waals surface area contributed by atoms with E-state index in [1.165, 1.54) is 14.2 Å². The number of rotatable bonds is 7. The standard InChI is InChI=1S/C35H58O9/c1-19(2)32-24(7)27(36)18-35(40,44-32)26(9)31(38)25(8)33-28(41-10)14-12-13-20(3)15-22(5)30(37)23(6)16-21(4)17-29(42-11)34(39)43-33/h12-14,16-17,19,22-28,30-33,36-38,40H,15,18H2,1-11H3/b14-12-,20-13+,21-16+,29-17+/t22-,23+,24-,25-,26-,27+,28-,30-,31+,32+,33+,35+/m0/s1. The van der Waals surface area contributed by atoms with Gasteiger partial charge in [0.1, 0.15) is 12.2 Å². The van der Waals surface area contributed by atoms with Crippen molar-refractivity contribution >= 4 is 5.97 Å². The highest BCUT2D eigenvalue weighted by Crippen LogP contribution is 2.41. The molecule has 0 amide bonds. The van der Waals surface area contributed by atoms with Crippen LogP contribution in [0.4, 0.5) is 0 Å². The summed E-state index contributed by atoms with van der Waals surface area (Å²) in [5.41, 5.74) is 1.78. The van der Waals surface area contributed by atoms with E-state index in [-0.39, 0.29) is 35.9 Å². The molecule has 0 aromatic rings. The number of aliphatic hydroxyl groups is 4. The fraction of sp³-hybridized carbons (Fsp3) is 0.743. The Morgan fingerprint density at radius 1 is 1.05 bits per heavy atom. The van der Waals surface area contributed by atoms with E-state index in [0.717, 1.165) is 11.1 Å². The number of methoxy groups -OCH3 is 2. The van der Waals surface area contributed by atoms with Gasteiger partial charge in [-0.1, -0.05) is 83.9 Å². The summed E-state index contributed by atoms with van der Waals surface area (Å²) in [7, 11) is 2.87. The normalized spacial score (nSPS) is 41.2. The molecule has 1 fully saturated rings. The Hall–Kier alpha value is -2.01. The molecule has 2 aliphatic rings. The summed E-state index contributed by atoms with van der Waals surface area (Å²) in [5.74, 6) is -4.49. The number of hydrogen-bond acceptors (Lipinski definition) is 9. The van der Waals surface area contributed by atoms with Gasteiger partial charge in [-0.15, -0.1) is 0 Å². The van der Waals surface area contributed by atoms with Gasteiger partial charge in [0, 0.05) is 37.2 Å². The highest BCUT2D eigenvalue weighted by molar-refractivity contribution is 5.87. The molecule has 252 valence electrons. The number of aliphatic hydroxyl groups excluding tert-OH is 3. The van der Waals surface area contributed by atoms with E-state index in [9.17, 15) is 25.2 Å². The molecule has 0 aliphatic carbocycles. The van der Waals surface area contributed by atoms with Gasteiger partial charge in [0.05, 0.1) is 31.5 Å². The Bertz CT molecular complexity index is 1060. The summed E-state index contributed by atoms with van der Waals surface area (Å²) < 4.78 is 23.4. The summed E-state index contributed by atoms with van der Waals surface area (Å²) in [5, 5.41) is 45.0. The Kier molecular flexibility index (Phi) is 14.3. The SMILES string of the molecule is CO/C1=C/C(C)=C/[C@@H](C)[C@@H](O)[C@@H](C)C/C(C)=C/C=C\[C@H](OC)[C@@H]([C@@H](C)[C@@H](O)[C@H](C)[C@@]2(O)C[C@@H](O)[C@H](C)[C@@H](C(C)C)O2)OC1=O. The zero-order valence-corrected chi connectivity index (χ0v) is 28.6. The number of carbonyl (C=O) groups excluding carboxylic acids is 1. The largest absolute Gasteiger partial charge is 0.490 e. The zero-order valence-electron chi connectivity index (χ0n) is 28.6. The Morgan fingerprint density at radius 2 is 1.68 bits per heavy atom. The maximum absolute atomic E-state index is 13.5. The first-order valence-electron chi connectivity index (χ1n) is 15.9. The number of allylic oxidation sites excluding steroid dienone is 5. The molecule has 0 radical (unpaired) electrons. The van der Waals surface area contributed by atoms with E-state index >= 15 is 0 Å². The fourth-order valence-corrected chi connectivity index (χ4v) is 6.54. The number of ether oxygens (including phenoxy) is 4. The first-order valence-corrected chi connectivity index (χ1v) is 15.9. The first-order chi connectivity index (χ1) is 20.5. The molecular weight excluding hydrogens is 564 g/mol. The summed E-state index contributed by atoms with van der Waals surface area (Å²) in [6.07, 6.45) is 4.85. The zero-order chi connectivity index (χ0) is 33.5. The molecule has 9 heteroatoms. The van der Waals surface area contributed by atoms with Crippen LogP contribution in [0, 0.1) is 35.5 Å². The third kappa shape index (κ3) is 9.50. The minimum Gasteiger partial charge on any atom is -0.490 e. The molecule has 0 aromatic heterocycles. The molecule has 2 aliphatic heterocycles. The van der Waals surface area contributed by atoms with Gasteiger partial charge in [-0.3, -0.25) is 0 Å². The van der Waals surface area contributed by atoms with E-state index in [1.807, 2.05) is 66.7 Å². The average molecular weight is 623 g/mol. The summed E-state index contributed by atoms with van der Waals surface area (Å²) in [6, 6.07) is 0. The van der Waals surface area contributed by atoms with Crippen LogP contribution in [0.15, 0.2) is 47.3 Å². The Morgan fingerprint density at radius 3 is 2.25 bits per heavy atom. The molecule has 2 heterocycles. The van der Waals surface area contributed by atoms with Crippen LogP contribution >= 0.6 is 0 Å². The molecule has 0 spiro atoms. The molecule has 0 bridgehead atoms. The van der Waals surface area contributed by atoms with Crippen LogP contribution in [0.1, 0.15) is 75.2 Å². The van der Waals surface area contributed by atoms with Gasteiger partial charge in [0.2, 0.25) is 5.76 Å². The maximum atomic E-state index is 13.5. The van der Waals surface area contributed by atoms with Crippen molar-refractivity contribution in [2.45, 2.75) is 118 Å². The van der Waals surface area contributed by atoms with Crippen molar-refractivity contribution in [1.29, 1.82) is 0 Å². The fourth-order valence-electron chi connectivity index (χ4n) is 6.54. The van der Waals surface area contributed by atoms with Crippen LogP contribution < -0.4 is 0 Å². The monoisotopic (exact) mass is 622 g/mol. The Labute approximate surface area is 264 Å². The van der Waals surface area contributed by atoms with Crippen LogP contribution in [0.2, 0.25) is 0 Å². The summed E-state index contributed by atoms with van der Waals surface area (Å²) >= 11 is 0. The second-order valence-corrected chi connectivity index (χ2v) is 13.6. The molecule has 2 rings (SSSR count). The number of carbonyl (C=O) groups is 1. The molecule has 9 nitrogen and oxygen atoms in total. The number of esters is 1. The predicted molar refractivity (Wildman–Crippen MR) is 170 cm³/mol. The van der Waals surface area contributed by atoms with Crippen LogP contribution in [0.3, 0.4) is 0 Å². The van der Waals surface area contributed by atoms with E-state index < -0.39 is 60.2 Å². The van der Waals surface area contributed by atoms with Crippen molar-refractivity contribution in [3.63, 3.8) is 0 Å². The molecule has 4 N–H and O–H groups in total. The minimum atomic E-state index is -1.80. The highest BCUT2D eigenvalue weighted by Gasteiger charge is 2.51. The molecular formula is C35H58O9. The van der Waals surface area contributed by atoms with Gasteiger partial charge < -0.3 is 39.4 Å². The number of cyclic esters (lactones) is 1. The lowest BCUT2D eigenvalue weighted by atomic mass is 9.76. The van der Waals surface area contributed by atoms with Crippen LogP contribution in [0.5, 0.6) is 0 Å². The molecule has 0 saturated carbocycles. The third-order valence-corrected chi connectivity index (χ3v) is 9.50. The van der Waals surface area contributed by atoms with Gasteiger partial charge in [0.15, 0.2) is 5.79 Å². The number of hydrogen-bond donors (Lipinski definition) is 4. The van der Waals surface area contributed by atoms with Crippen molar-refractivity contribution < 1.29 is 44.2 Å². The van der Waals surface area contributed by atoms with Crippen molar-refractivity contribution in [1.82, 2.24) is 0 Å². The summed E-state index contributed by atoms with van der Waals surface area (Å²) in [6.45, 7) is 17.0. The average Bonchev–Trinajstić information content (AvgIpc) is 2.96. The molecule has 0 unspecified atom stereocenters. The topological polar surface area (TPSA) is 135 Å². The summed E-state index contributed by atoms with van der Waals surface area (Å²) in [4.78, 5) is 13.5. The molecule has 0 aromatic carbocycles. The van der Waals surface area contributed by atoms with Crippen LogP contribution in [0.25, 0.3) is 0 Å². The van der Waals surface area contributed by atoms with Gasteiger partial charge in [0.25, 0.3) is 0 Å². The van der Waals surface area contributed by atoms with Crippen molar-refractivity contribution in [3.8, 4) is 0 Å². The second kappa shape index (κ2) is 16.5.